The molecular formula is C14H27N3O2. The fraction of sp³-hybridized carbons (Fsp3) is 0.929. The number of rotatable bonds is 2. The lowest BCUT2D eigenvalue weighted by molar-refractivity contribution is -0.00102. The predicted molar refractivity (Wildman–Crippen MR) is 74.9 cm³/mol. The van der Waals surface area contributed by atoms with Gasteiger partial charge in [-0.25, -0.2) is 4.79 Å². The molecule has 2 rings (SSSR count). The van der Waals surface area contributed by atoms with E-state index in [1.165, 1.54) is 12.8 Å². The van der Waals surface area contributed by atoms with Crippen molar-refractivity contribution in [1.82, 2.24) is 9.80 Å². The Hall–Kier alpha value is -0.810. The number of carbonyl (C=O) groups is 1. The van der Waals surface area contributed by atoms with Crippen LogP contribution in [0.4, 0.5) is 4.79 Å². The topological polar surface area (TPSA) is 58.8 Å². The molecule has 2 N–H and O–H groups in total. The Morgan fingerprint density at radius 2 is 1.79 bits per heavy atom. The molecule has 0 aromatic carbocycles. The molecular weight excluding hydrogens is 242 g/mol. The quantitative estimate of drug-likeness (QED) is 0.820. The number of piperazine rings is 1. The molecule has 110 valence electrons. The molecule has 0 bridgehead atoms. The van der Waals surface area contributed by atoms with Crippen LogP contribution >= 0.6 is 0 Å². The van der Waals surface area contributed by atoms with Crippen molar-refractivity contribution in [1.29, 1.82) is 0 Å². The third kappa shape index (κ3) is 3.83. The minimum atomic E-state index is -0.406. The summed E-state index contributed by atoms with van der Waals surface area (Å²) in [5.41, 5.74) is 5.25. The Balaban J connectivity index is 1.72. The van der Waals surface area contributed by atoms with Crippen molar-refractivity contribution in [2.45, 2.75) is 45.3 Å². The molecule has 1 saturated heterocycles. The Morgan fingerprint density at radius 3 is 2.26 bits per heavy atom. The van der Waals surface area contributed by atoms with E-state index in [4.69, 9.17) is 10.5 Å². The summed E-state index contributed by atoms with van der Waals surface area (Å²) in [4.78, 5) is 16.3. The van der Waals surface area contributed by atoms with Gasteiger partial charge in [-0.1, -0.05) is 0 Å². The van der Waals surface area contributed by atoms with Gasteiger partial charge >= 0.3 is 6.09 Å². The van der Waals surface area contributed by atoms with Crippen LogP contribution in [0.25, 0.3) is 0 Å². The van der Waals surface area contributed by atoms with E-state index in [1.54, 1.807) is 0 Å². The monoisotopic (exact) mass is 269 g/mol. The zero-order chi connectivity index (χ0) is 14.0. The molecule has 5 nitrogen and oxygen atoms in total. The summed E-state index contributed by atoms with van der Waals surface area (Å²) in [5, 5.41) is 0. The number of ether oxygens (including phenoxy) is 1. The maximum Gasteiger partial charge on any atom is 0.410 e. The number of hydrogen-bond donors (Lipinski definition) is 1. The van der Waals surface area contributed by atoms with Crippen molar-refractivity contribution in [3.63, 3.8) is 0 Å². The lowest BCUT2D eigenvalue weighted by atomic mass is 9.79. The molecule has 1 saturated carbocycles. The van der Waals surface area contributed by atoms with Crippen LogP contribution in [0.15, 0.2) is 0 Å². The number of hydrogen-bond acceptors (Lipinski definition) is 4. The second-order valence-electron chi connectivity index (χ2n) is 6.73. The third-order valence-electron chi connectivity index (χ3n) is 4.03. The molecule has 5 heteroatoms. The van der Waals surface area contributed by atoms with Crippen LogP contribution in [0.2, 0.25) is 0 Å². The van der Waals surface area contributed by atoms with Gasteiger partial charge in [0.2, 0.25) is 0 Å². The van der Waals surface area contributed by atoms with Gasteiger partial charge in [0.05, 0.1) is 0 Å². The van der Waals surface area contributed by atoms with Crippen molar-refractivity contribution >= 4 is 6.09 Å². The van der Waals surface area contributed by atoms with Crippen LogP contribution in [-0.4, -0.2) is 60.3 Å². The summed E-state index contributed by atoms with van der Waals surface area (Å²) in [6, 6.07) is 0.689. The van der Waals surface area contributed by atoms with Gasteiger partial charge in [-0.3, -0.25) is 4.90 Å². The maximum atomic E-state index is 11.9. The molecule has 0 unspecified atom stereocenters. The molecule has 0 atom stereocenters. The average Bonchev–Trinajstić information content (AvgIpc) is 2.26. The van der Waals surface area contributed by atoms with E-state index in [0.717, 1.165) is 32.7 Å². The van der Waals surface area contributed by atoms with Crippen molar-refractivity contribution in [3.05, 3.63) is 0 Å². The van der Waals surface area contributed by atoms with E-state index < -0.39 is 5.60 Å². The first-order valence-electron chi connectivity index (χ1n) is 7.31. The summed E-state index contributed by atoms with van der Waals surface area (Å²) in [6.45, 7) is 10.0. The van der Waals surface area contributed by atoms with E-state index in [0.29, 0.717) is 12.0 Å². The van der Waals surface area contributed by atoms with Crippen LogP contribution < -0.4 is 5.73 Å². The number of nitrogens with two attached hydrogens (primary N) is 1. The van der Waals surface area contributed by atoms with E-state index in [-0.39, 0.29) is 6.09 Å². The zero-order valence-electron chi connectivity index (χ0n) is 12.4. The smallest absolute Gasteiger partial charge is 0.410 e. The van der Waals surface area contributed by atoms with Crippen molar-refractivity contribution < 1.29 is 9.53 Å². The standard InChI is InChI=1S/C14H27N3O2/c1-14(2,3)19-13(18)17-6-4-16(5-7-17)12-8-11(9-12)10-15/h11-12H,4-10,15H2,1-3H3. The largest absolute Gasteiger partial charge is 0.444 e. The minimum absolute atomic E-state index is 0.180. The summed E-state index contributed by atoms with van der Waals surface area (Å²) in [6.07, 6.45) is 2.27. The summed E-state index contributed by atoms with van der Waals surface area (Å²) >= 11 is 0. The molecule has 0 radical (unpaired) electrons. The maximum absolute atomic E-state index is 11.9. The van der Waals surface area contributed by atoms with E-state index in [9.17, 15) is 4.79 Å². The molecule has 2 aliphatic rings. The van der Waals surface area contributed by atoms with Gasteiger partial charge in [0.25, 0.3) is 0 Å². The second-order valence-corrected chi connectivity index (χ2v) is 6.73. The van der Waals surface area contributed by atoms with Gasteiger partial charge in [0.1, 0.15) is 5.60 Å². The second kappa shape index (κ2) is 5.67. The van der Waals surface area contributed by atoms with Crippen molar-refractivity contribution in [3.8, 4) is 0 Å². The Kier molecular flexibility index (Phi) is 4.36. The molecule has 0 spiro atoms. The summed E-state index contributed by atoms with van der Waals surface area (Å²) in [7, 11) is 0. The number of carbonyl (C=O) groups excluding carboxylic acids is 1. The molecule has 19 heavy (non-hydrogen) atoms. The van der Waals surface area contributed by atoms with E-state index >= 15 is 0 Å². The molecule has 1 aliphatic carbocycles. The van der Waals surface area contributed by atoms with E-state index in [2.05, 4.69) is 4.90 Å². The molecule has 0 aromatic rings. The number of nitrogens with zero attached hydrogens (tertiary/aromatic N) is 2. The van der Waals surface area contributed by atoms with Gasteiger partial charge in [0.15, 0.2) is 0 Å². The van der Waals surface area contributed by atoms with Crippen molar-refractivity contribution in [2.75, 3.05) is 32.7 Å². The molecule has 1 heterocycles. The Labute approximate surface area is 116 Å². The normalized spacial score (nSPS) is 28.9. The molecule has 2 fully saturated rings. The van der Waals surface area contributed by atoms with Gasteiger partial charge in [0, 0.05) is 32.2 Å². The molecule has 1 aliphatic heterocycles. The highest BCUT2D eigenvalue weighted by Crippen LogP contribution is 2.31. The summed E-state index contributed by atoms with van der Waals surface area (Å²) in [5.74, 6) is 0.717. The highest BCUT2D eigenvalue weighted by molar-refractivity contribution is 5.68. The fourth-order valence-corrected chi connectivity index (χ4v) is 2.79. The average molecular weight is 269 g/mol. The highest BCUT2D eigenvalue weighted by Gasteiger charge is 2.35. The van der Waals surface area contributed by atoms with Crippen molar-refractivity contribution in [2.24, 2.45) is 11.7 Å². The van der Waals surface area contributed by atoms with E-state index in [1.807, 2.05) is 25.7 Å². The van der Waals surface area contributed by atoms with Crippen LogP contribution in [0.5, 0.6) is 0 Å². The zero-order valence-corrected chi connectivity index (χ0v) is 12.4. The van der Waals surface area contributed by atoms with Crippen LogP contribution in [0, 0.1) is 5.92 Å². The first kappa shape index (κ1) is 14.6. The SMILES string of the molecule is CC(C)(C)OC(=O)N1CCN(C2CC(CN)C2)CC1. The fourth-order valence-electron chi connectivity index (χ4n) is 2.79. The first-order valence-corrected chi connectivity index (χ1v) is 7.31. The van der Waals surface area contributed by atoms with Crippen LogP contribution in [0.3, 0.4) is 0 Å². The highest BCUT2D eigenvalue weighted by atomic mass is 16.6. The third-order valence-corrected chi connectivity index (χ3v) is 4.03. The Bertz CT molecular complexity index is 313. The molecule has 0 aromatic heterocycles. The van der Waals surface area contributed by atoms with Gasteiger partial charge in [-0.2, -0.15) is 0 Å². The lowest BCUT2D eigenvalue weighted by Crippen LogP contribution is -2.56. The first-order chi connectivity index (χ1) is 8.89. The van der Waals surface area contributed by atoms with Gasteiger partial charge in [-0.05, 0) is 46.1 Å². The molecule has 1 amide bonds. The minimum Gasteiger partial charge on any atom is -0.444 e. The van der Waals surface area contributed by atoms with Crippen LogP contribution in [0.1, 0.15) is 33.6 Å². The summed E-state index contributed by atoms with van der Waals surface area (Å²) < 4.78 is 5.40. The van der Waals surface area contributed by atoms with Gasteiger partial charge in [-0.15, -0.1) is 0 Å². The lowest BCUT2D eigenvalue weighted by Gasteiger charge is -2.46. The van der Waals surface area contributed by atoms with Gasteiger partial charge < -0.3 is 15.4 Å². The Morgan fingerprint density at radius 1 is 1.21 bits per heavy atom. The predicted octanol–water partition coefficient (Wildman–Crippen LogP) is 1.28. The van der Waals surface area contributed by atoms with Crippen LogP contribution in [-0.2, 0) is 4.74 Å². The number of amides is 1.